The van der Waals surface area contributed by atoms with E-state index >= 15 is 0 Å². The van der Waals surface area contributed by atoms with Crippen LogP contribution in [0.3, 0.4) is 0 Å². The normalized spacial score (nSPS) is 18.5. The number of carbonyl (C=O) groups is 2. The summed E-state index contributed by atoms with van der Waals surface area (Å²) < 4.78 is 0. The fourth-order valence-corrected chi connectivity index (χ4v) is 2.54. The van der Waals surface area contributed by atoms with Crippen LogP contribution in [0.15, 0.2) is 0 Å². The molecule has 3 N–H and O–H groups in total. The lowest BCUT2D eigenvalue weighted by Crippen LogP contribution is -2.48. The predicted molar refractivity (Wildman–Crippen MR) is 75.4 cm³/mol. The Hall–Kier alpha value is -1.10. The van der Waals surface area contributed by atoms with Crippen molar-refractivity contribution in [3.63, 3.8) is 0 Å². The summed E-state index contributed by atoms with van der Waals surface area (Å²) in [5.74, 6) is 0.562. The Morgan fingerprint density at radius 1 is 1.32 bits per heavy atom. The summed E-state index contributed by atoms with van der Waals surface area (Å²) in [4.78, 5) is 25.2. The van der Waals surface area contributed by atoms with Gasteiger partial charge in [0.2, 0.25) is 11.8 Å². The summed E-state index contributed by atoms with van der Waals surface area (Å²) >= 11 is 0. The number of hydrogen-bond acceptors (Lipinski definition) is 3. The maximum Gasteiger partial charge on any atom is 0.224 e. The zero-order valence-corrected chi connectivity index (χ0v) is 12.3. The molecule has 1 aliphatic rings. The Labute approximate surface area is 115 Å². The van der Waals surface area contributed by atoms with Gasteiger partial charge in [-0.05, 0) is 25.2 Å². The highest BCUT2D eigenvalue weighted by Gasteiger charge is 2.25. The zero-order chi connectivity index (χ0) is 14.4. The van der Waals surface area contributed by atoms with Crippen LogP contribution in [0.5, 0.6) is 0 Å². The average molecular weight is 269 g/mol. The van der Waals surface area contributed by atoms with Gasteiger partial charge in [0.25, 0.3) is 0 Å². The van der Waals surface area contributed by atoms with Gasteiger partial charge < -0.3 is 16.0 Å². The molecular weight excluding hydrogens is 242 g/mol. The van der Waals surface area contributed by atoms with Crippen molar-refractivity contribution in [1.82, 2.24) is 10.2 Å². The standard InChI is InChI=1S/C14H27N3O2/c1-10(2)8-12(9-15)14(19)16-13-4-6-17(7-5-13)11(3)18/h10,12-13H,4-9,15H2,1-3H3,(H,16,19). The Bertz CT molecular complexity index is 310. The molecule has 1 aliphatic heterocycles. The van der Waals surface area contributed by atoms with Gasteiger partial charge in [-0.25, -0.2) is 0 Å². The summed E-state index contributed by atoms with van der Waals surface area (Å²) in [6.45, 7) is 7.65. The van der Waals surface area contributed by atoms with Gasteiger partial charge in [-0.15, -0.1) is 0 Å². The van der Waals surface area contributed by atoms with E-state index in [1.165, 1.54) is 0 Å². The molecule has 1 rings (SSSR count). The minimum absolute atomic E-state index is 0.0671. The topological polar surface area (TPSA) is 75.4 Å². The first-order chi connectivity index (χ1) is 8.93. The molecule has 0 aromatic carbocycles. The number of hydrogen-bond donors (Lipinski definition) is 2. The number of amides is 2. The molecule has 2 amide bonds. The minimum atomic E-state index is -0.0918. The van der Waals surface area contributed by atoms with Crippen molar-refractivity contribution in [2.45, 2.75) is 46.1 Å². The van der Waals surface area contributed by atoms with Crippen LogP contribution >= 0.6 is 0 Å². The molecule has 1 atom stereocenters. The van der Waals surface area contributed by atoms with Crippen LogP contribution in [0.25, 0.3) is 0 Å². The molecule has 0 aliphatic carbocycles. The molecule has 110 valence electrons. The average Bonchev–Trinajstić information content (AvgIpc) is 2.36. The smallest absolute Gasteiger partial charge is 0.224 e. The summed E-state index contributed by atoms with van der Waals surface area (Å²) in [6, 6.07) is 0.185. The fraction of sp³-hybridized carbons (Fsp3) is 0.857. The SMILES string of the molecule is CC(=O)N1CCC(NC(=O)C(CN)CC(C)C)CC1. The number of nitrogens with zero attached hydrogens (tertiary/aromatic N) is 1. The zero-order valence-electron chi connectivity index (χ0n) is 12.3. The van der Waals surface area contributed by atoms with Crippen molar-refractivity contribution in [3.8, 4) is 0 Å². The van der Waals surface area contributed by atoms with Gasteiger partial charge >= 0.3 is 0 Å². The summed E-state index contributed by atoms with van der Waals surface area (Å²) in [5, 5.41) is 3.08. The van der Waals surface area contributed by atoms with Crippen molar-refractivity contribution in [3.05, 3.63) is 0 Å². The Balaban J connectivity index is 2.39. The lowest BCUT2D eigenvalue weighted by atomic mass is 9.95. The van der Waals surface area contributed by atoms with Crippen molar-refractivity contribution >= 4 is 11.8 Å². The second-order valence-electron chi connectivity index (χ2n) is 5.85. The van der Waals surface area contributed by atoms with Crippen molar-refractivity contribution < 1.29 is 9.59 Å². The maximum atomic E-state index is 12.1. The van der Waals surface area contributed by atoms with E-state index in [1.54, 1.807) is 6.92 Å². The quantitative estimate of drug-likeness (QED) is 0.773. The summed E-state index contributed by atoms with van der Waals surface area (Å²) in [7, 11) is 0. The highest BCUT2D eigenvalue weighted by Crippen LogP contribution is 2.14. The number of nitrogens with two attached hydrogens (primary N) is 1. The van der Waals surface area contributed by atoms with Gasteiger partial charge in [-0.1, -0.05) is 13.8 Å². The van der Waals surface area contributed by atoms with E-state index in [0.717, 1.165) is 32.4 Å². The monoisotopic (exact) mass is 269 g/mol. The van der Waals surface area contributed by atoms with Crippen LogP contribution in [0.4, 0.5) is 0 Å². The first-order valence-electron chi connectivity index (χ1n) is 7.20. The van der Waals surface area contributed by atoms with Crippen LogP contribution in [-0.2, 0) is 9.59 Å². The van der Waals surface area contributed by atoms with E-state index in [4.69, 9.17) is 5.73 Å². The lowest BCUT2D eigenvalue weighted by Gasteiger charge is -2.32. The third-order valence-corrected chi connectivity index (χ3v) is 3.70. The molecule has 5 nitrogen and oxygen atoms in total. The first-order valence-corrected chi connectivity index (χ1v) is 7.20. The van der Waals surface area contributed by atoms with Gasteiger partial charge in [0, 0.05) is 32.6 Å². The van der Waals surface area contributed by atoms with Crippen LogP contribution < -0.4 is 11.1 Å². The second-order valence-corrected chi connectivity index (χ2v) is 5.85. The van der Waals surface area contributed by atoms with E-state index in [2.05, 4.69) is 19.2 Å². The molecule has 1 fully saturated rings. The van der Waals surface area contributed by atoms with Gasteiger partial charge in [0.1, 0.15) is 0 Å². The van der Waals surface area contributed by atoms with Gasteiger partial charge in [0.15, 0.2) is 0 Å². The number of likely N-dealkylation sites (tertiary alicyclic amines) is 1. The number of piperidine rings is 1. The molecule has 1 unspecified atom stereocenters. The van der Waals surface area contributed by atoms with Crippen LogP contribution in [0.1, 0.15) is 40.0 Å². The van der Waals surface area contributed by atoms with Crippen molar-refractivity contribution in [2.75, 3.05) is 19.6 Å². The number of nitrogens with one attached hydrogen (secondary N) is 1. The predicted octanol–water partition coefficient (Wildman–Crippen LogP) is 0.735. The lowest BCUT2D eigenvalue weighted by molar-refractivity contribution is -0.130. The summed E-state index contributed by atoms with van der Waals surface area (Å²) in [5.41, 5.74) is 5.68. The Morgan fingerprint density at radius 3 is 2.32 bits per heavy atom. The van der Waals surface area contributed by atoms with Crippen LogP contribution in [-0.4, -0.2) is 42.4 Å². The Kier molecular flexibility index (Phi) is 6.28. The van der Waals surface area contributed by atoms with Crippen molar-refractivity contribution in [1.29, 1.82) is 0 Å². The molecule has 1 saturated heterocycles. The molecule has 0 saturated carbocycles. The van der Waals surface area contributed by atoms with Crippen molar-refractivity contribution in [2.24, 2.45) is 17.6 Å². The second kappa shape index (κ2) is 7.48. The first kappa shape index (κ1) is 16.0. The van der Waals surface area contributed by atoms with E-state index in [9.17, 15) is 9.59 Å². The van der Waals surface area contributed by atoms with E-state index in [1.807, 2.05) is 4.90 Å². The molecule has 0 bridgehead atoms. The molecule has 5 heteroatoms. The summed E-state index contributed by atoms with van der Waals surface area (Å²) in [6.07, 6.45) is 2.50. The molecule has 0 radical (unpaired) electrons. The van der Waals surface area contributed by atoms with Crippen LogP contribution in [0.2, 0.25) is 0 Å². The Morgan fingerprint density at radius 2 is 1.89 bits per heavy atom. The number of rotatable bonds is 5. The molecule has 1 heterocycles. The molecule has 0 spiro atoms. The van der Waals surface area contributed by atoms with E-state index < -0.39 is 0 Å². The number of carbonyl (C=O) groups excluding carboxylic acids is 2. The fourth-order valence-electron chi connectivity index (χ4n) is 2.54. The van der Waals surface area contributed by atoms with Gasteiger partial charge in [-0.3, -0.25) is 9.59 Å². The van der Waals surface area contributed by atoms with E-state index in [0.29, 0.717) is 12.5 Å². The minimum Gasteiger partial charge on any atom is -0.353 e. The van der Waals surface area contributed by atoms with Gasteiger partial charge in [-0.2, -0.15) is 0 Å². The maximum absolute atomic E-state index is 12.1. The third kappa shape index (κ3) is 5.19. The third-order valence-electron chi connectivity index (χ3n) is 3.70. The van der Waals surface area contributed by atoms with Crippen LogP contribution in [0, 0.1) is 11.8 Å². The molecule has 0 aromatic heterocycles. The van der Waals surface area contributed by atoms with Gasteiger partial charge in [0.05, 0.1) is 5.92 Å². The molecule has 0 aromatic rings. The highest BCUT2D eigenvalue weighted by atomic mass is 16.2. The molecular formula is C14H27N3O2. The molecule has 19 heavy (non-hydrogen) atoms. The van der Waals surface area contributed by atoms with E-state index in [-0.39, 0.29) is 23.8 Å². The highest BCUT2D eigenvalue weighted by molar-refractivity contribution is 5.79. The largest absolute Gasteiger partial charge is 0.353 e.